The lowest BCUT2D eigenvalue weighted by Crippen LogP contribution is -2.23. The molecule has 0 fully saturated rings. The minimum absolute atomic E-state index is 0.778. The second-order valence-electron chi connectivity index (χ2n) is 1.88. The first-order valence-electron chi connectivity index (χ1n) is 3.07. The zero-order chi connectivity index (χ0) is 7.23. The molecule has 0 aliphatic carbocycles. The van der Waals surface area contributed by atoms with Gasteiger partial charge in [-0.15, -0.1) is 5.10 Å². The van der Waals surface area contributed by atoms with Crippen LogP contribution in [0.15, 0.2) is 6.33 Å². The van der Waals surface area contributed by atoms with Gasteiger partial charge in [0, 0.05) is 13.1 Å². The summed E-state index contributed by atoms with van der Waals surface area (Å²) in [5.74, 6) is 5.06. The molecule has 1 aromatic heterocycles. The minimum atomic E-state index is 0.778. The van der Waals surface area contributed by atoms with Gasteiger partial charge in [0.05, 0.1) is 0 Å². The molecule has 1 rings (SSSR count). The Bertz CT molecular complexity index is 158. The molecule has 0 spiro atoms. The van der Waals surface area contributed by atoms with Crippen LogP contribution >= 0.6 is 0 Å². The maximum atomic E-state index is 5.06. The maximum Gasteiger partial charge on any atom is 0.138 e. The van der Waals surface area contributed by atoms with Crippen LogP contribution in [0.4, 0.5) is 0 Å². The van der Waals surface area contributed by atoms with E-state index in [4.69, 9.17) is 5.84 Å². The number of hydrazine groups is 1. The number of hydrogen-bond donors (Lipinski definition) is 2. The molecule has 0 saturated carbocycles. The number of nitrogens with two attached hydrogens (primary N) is 1. The second-order valence-corrected chi connectivity index (χ2v) is 1.88. The van der Waals surface area contributed by atoms with Crippen molar-refractivity contribution in [2.45, 2.75) is 13.0 Å². The number of aromatic nitrogens is 4. The van der Waals surface area contributed by atoms with E-state index >= 15 is 0 Å². The van der Waals surface area contributed by atoms with Crippen molar-refractivity contribution in [2.24, 2.45) is 5.84 Å². The van der Waals surface area contributed by atoms with Gasteiger partial charge in [0.25, 0.3) is 0 Å². The number of hydrogen-bond acceptors (Lipinski definition) is 5. The van der Waals surface area contributed by atoms with Gasteiger partial charge >= 0.3 is 0 Å². The fraction of sp³-hybridized carbons (Fsp3) is 0.750. The molecule has 0 bridgehead atoms. The molecule has 6 nitrogen and oxygen atoms in total. The highest BCUT2D eigenvalue weighted by atomic mass is 15.5. The maximum absolute atomic E-state index is 5.06. The standard InChI is InChI=1S/C4H10N6/c5-6-2-1-3-10-4-7-8-9-10/h4,6H,1-3,5H2. The Balaban J connectivity index is 2.15. The molecule has 56 valence electrons. The smallest absolute Gasteiger partial charge is 0.138 e. The molecule has 0 aliphatic rings. The van der Waals surface area contributed by atoms with Gasteiger partial charge in [-0.05, 0) is 16.8 Å². The first-order valence-corrected chi connectivity index (χ1v) is 3.07. The SMILES string of the molecule is NNCCCn1cnnn1. The van der Waals surface area contributed by atoms with Crippen molar-refractivity contribution in [1.82, 2.24) is 25.6 Å². The van der Waals surface area contributed by atoms with Crippen LogP contribution in [0.1, 0.15) is 6.42 Å². The van der Waals surface area contributed by atoms with Crippen LogP contribution in [0.25, 0.3) is 0 Å². The van der Waals surface area contributed by atoms with Crippen LogP contribution in [-0.4, -0.2) is 26.8 Å². The van der Waals surface area contributed by atoms with Crippen LogP contribution in [0.5, 0.6) is 0 Å². The van der Waals surface area contributed by atoms with Gasteiger partial charge in [-0.1, -0.05) is 0 Å². The molecule has 0 amide bonds. The second kappa shape index (κ2) is 3.91. The summed E-state index contributed by atoms with van der Waals surface area (Å²) in [6.07, 6.45) is 2.51. The highest BCUT2D eigenvalue weighted by Crippen LogP contribution is 1.81. The Kier molecular flexibility index (Phi) is 2.78. The van der Waals surface area contributed by atoms with Crippen molar-refractivity contribution in [3.05, 3.63) is 6.33 Å². The average Bonchev–Trinajstić information content (AvgIpc) is 2.41. The molecule has 0 aliphatic heterocycles. The van der Waals surface area contributed by atoms with Crippen LogP contribution < -0.4 is 11.3 Å². The van der Waals surface area contributed by atoms with Gasteiger partial charge in [0.2, 0.25) is 0 Å². The zero-order valence-electron chi connectivity index (χ0n) is 5.56. The number of aryl methyl sites for hydroxylation is 1. The zero-order valence-corrected chi connectivity index (χ0v) is 5.56. The summed E-state index contributed by atoms with van der Waals surface area (Å²) in [6.45, 7) is 1.58. The third-order valence-electron chi connectivity index (χ3n) is 1.10. The molecule has 0 aromatic carbocycles. The third kappa shape index (κ3) is 2.08. The van der Waals surface area contributed by atoms with Crippen molar-refractivity contribution in [1.29, 1.82) is 0 Å². The van der Waals surface area contributed by atoms with Crippen LogP contribution in [-0.2, 0) is 6.54 Å². The van der Waals surface area contributed by atoms with Crippen molar-refractivity contribution in [3.63, 3.8) is 0 Å². The average molecular weight is 142 g/mol. The molecule has 6 heteroatoms. The monoisotopic (exact) mass is 142 g/mol. The molecule has 1 heterocycles. The van der Waals surface area contributed by atoms with E-state index in [0.717, 1.165) is 19.5 Å². The van der Waals surface area contributed by atoms with Crippen LogP contribution in [0.3, 0.4) is 0 Å². The van der Waals surface area contributed by atoms with Crippen LogP contribution in [0, 0.1) is 0 Å². The van der Waals surface area contributed by atoms with E-state index in [1.54, 1.807) is 11.0 Å². The topological polar surface area (TPSA) is 81.6 Å². The van der Waals surface area contributed by atoms with E-state index in [9.17, 15) is 0 Å². The first kappa shape index (κ1) is 7.10. The van der Waals surface area contributed by atoms with Gasteiger partial charge in [0.15, 0.2) is 0 Å². The number of rotatable bonds is 4. The Morgan fingerprint density at radius 3 is 3.10 bits per heavy atom. The molecule has 1 aromatic rings. The number of tetrazole rings is 1. The highest BCUT2D eigenvalue weighted by Gasteiger charge is 1.89. The lowest BCUT2D eigenvalue weighted by molar-refractivity contribution is 0.536. The van der Waals surface area contributed by atoms with E-state index < -0.39 is 0 Å². The molecular weight excluding hydrogens is 132 g/mol. The van der Waals surface area contributed by atoms with Gasteiger partial charge < -0.3 is 0 Å². The number of nitrogens with one attached hydrogen (secondary N) is 1. The lowest BCUT2D eigenvalue weighted by atomic mass is 10.4. The minimum Gasteiger partial charge on any atom is -0.271 e. The largest absolute Gasteiger partial charge is 0.271 e. The fourth-order valence-electron chi connectivity index (χ4n) is 0.626. The molecular formula is C4H10N6. The summed E-state index contributed by atoms with van der Waals surface area (Å²) in [4.78, 5) is 0. The predicted octanol–water partition coefficient (Wildman–Crippen LogP) is -1.47. The van der Waals surface area contributed by atoms with Crippen molar-refractivity contribution in [3.8, 4) is 0 Å². The van der Waals surface area contributed by atoms with Gasteiger partial charge in [-0.3, -0.25) is 11.3 Å². The molecule has 0 unspecified atom stereocenters. The Morgan fingerprint density at radius 2 is 2.50 bits per heavy atom. The normalized spacial score (nSPS) is 10.1. The van der Waals surface area contributed by atoms with Crippen LogP contribution in [0.2, 0.25) is 0 Å². The van der Waals surface area contributed by atoms with E-state index in [2.05, 4.69) is 21.0 Å². The van der Waals surface area contributed by atoms with Gasteiger partial charge in [-0.2, -0.15) is 0 Å². The van der Waals surface area contributed by atoms with E-state index in [1.807, 2.05) is 0 Å². The van der Waals surface area contributed by atoms with E-state index in [0.29, 0.717) is 0 Å². The molecule has 0 radical (unpaired) electrons. The van der Waals surface area contributed by atoms with E-state index in [1.165, 1.54) is 0 Å². The summed E-state index contributed by atoms with van der Waals surface area (Å²) in [7, 11) is 0. The number of nitrogens with zero attached hydrogens (tertiary/aromatic N) is 4. The molecule has 10 heavy (non-hydrogen) atoms. The predicted molar refractivity (Wildman–Crippen MR) is 34.6 cm³/mol. The Morgan fingerprint density at radius 1 is 1.60 bits per heavy atom. The van der Waals surface area contributed by atoms with Gasteiger partial charge in [-0.25, -0.2) is 4.68 Å². The Hall–Kier alpha value is -1.01. The lowest BCUT2D eigenvalue weighted by Gasteiger charge is -1.96. The highest BCUT2D eigenvalue weighted by molar-refractivity contribution is 4.47. The summed E-state index contributed by atoms with van der Waals surface area (Å²) < 4.78 is 1.66. The van der Waals surface area contributed by atoms with Gasteiger partial charge in [0.1, 0.15) is 6.33 Å². The fourth-order valence-corrected chi connectivity index (χ4v) is 0.626. The van der Waals surface area contributed by atoms with Crippen molar-refractivity contribution in [2.75, 3.05) is 6.54 Å². The summed E-state index contributed by atoms with van der Waals surface area (Å²) in [5, 5.41) is 10.6. The summed E-state index contributed by atoms with van der Waals surface area (Å²) in [6, 6.07) is 0. The Labute approximate surface area is 58.4 Å². The third-order valence-corrected chi connectivity index (χ3v) is 1.10. The van der Waals surface area contributed by atoms with Crippen molar-refractivity contribution >= 4 is 0 Å². The molecule has 3 N–H and O–H groups in total. The first-order chi connectivity index (χ1) is 4.93. The molecule has 0 saturated heterocycles. The quantitative estimate of drug-likeness (QED) is 0.304. The summed E-state index contributed by atoms with van der Waals surface area (Å²) >= 11 is 0. The summed E-state index contributed by atoms with van der Waals surface area (Å²) in [5.41, 5.74) is 2.55. The van der Waals surface area contributed by atoms with E-state index in [-0.39, 0.29) is 0 Å². The van der Waals surface area contributed by atoms with Crippen molar-refractivity contribution < 1.29 is 0 Å². The molecule has 0 atom stereocenters.